The van der Waals surface area contributed by atoms with Gasteiger partial charge in [-0.25, -0.2) is 4.39 Å². The van der Waals surface area contributed by atoms with E-state index in [-0.39, 0.29) is 29.4 Å². The minimum atomic E-state index is -0.813. The molecule has 4 rings (SSSR count). The zero-order valence-corrected chi connectivity index (χ0v) is 22.1. The number of rotatable bonds is 8. The molecule has 0 aliphatic carbocycles. The van der Waals surface area contributed by atoms with Crippen LogP contribution in [0.1, 0.15) is 47.9 Å². The third kappa shape index (κ3) is 5.37. The maximum absolute atomic E-state index is 13.6. The number of halogens is 1. The maximum Gasteiger partial charge on any atom is 0.255 e. The highest BCUT2D eigenvalue weighted by molar-refractivity contribution is 6.13. The lowest BCUT2D eigenvalue weighted by molar-refractivity contribution is 0.0948. The second kappa shape index (κ2) is 10.8. The lowest BCUT2D eigenvalue weighted by Crippen LogP contribution is -2.18. The number of Topliss-reactive ketones (excluding diaryl/α,β-unsaturated/α-hetero) is 1. The van der Waals surface area contributed by atoms with Gasteiger partial charge in [-0.1, -0.05) is 18.2 Å². The average Bonchev–Trinajstić information content (AvgIpc) is 3.31. The monoisotopic (exact) mass is 522 g/mol. The van der Waals surface area contributed by atoms with E-state index in [0.717, 1.165) is 0 Å². The summed E-state index contributed by atoms with van der Waals surface area (Å²) in [6.07, 6.45) is 2.24. The molecule has 0 bridgehead atoms. The summed E-state index contributed by atoms with van der Waals surface area (Å²) in [5.74, 6) is -0.704. The average molecular weight is 523 g/mol. The van der Waals surface area contributed by atoms with E-state index in [1.54, 1.807) is 44.2 Å². The van der Waals surface area contributed by atoms with E-state index in [1.165, 1.54) is 36.2 Å². The normalized spacial score (nSPS) is 11.1. The van der Waals surface area contributed by atoms with E-state index in [1.807, 2.05) is 13.0 Å². The fraction of sp³-hybridized carbons (Fsp3) is 0.226. The lowest BCUT2D eigenvalue weighted by Gasteiger charge is -2.19. The largest absolute Gasteiger partial charge is 0.455 e. The molecule has 0 unspecified atom stereocenters. The molecule has 0 saturated heterocycles. The van der Waals surface area contributed by atoms with E-state index in [2.05, 4.69) is 17.6 Å². The number of furan rings is 1. The molecule has 1 amide bonds. The van der Waals surface area contributed by atoms with Gasteiger partial charge in [0.05, 0.1) is 22.7 Å². The van der Waals surface area contributed by atoms with Crippen molar-refractivity contribution >= 4 is 28.3 Å². The van der Waals surface area contributed by atoms with E-state index in [0.29, 0.717) is 45.5 Å². The quantitative estimate of drug-likeness (QED) is 0.157. The Morgan fingerprint density at radius 3 is 2.38 bits per heavy atom. The lowest BCUT2D eigenvalue weighted by atomic mass is 9.86. The summed E-state index contributed by atoms with van der Waals surface area (Å²) in [5.41, 5.74) is 2.62. The number of ketones is 1. The first kappa shape index (κ1) is 27.1. The van der Waals surface area contributed by atoms with Crippen LogP contribution in [0.2, 0.25) is 0 Å². The molecule has 0 atom stereocenters. The van der Waals surface area contributed by atoms with Crippen molar-refractivity contribution in [3.63, 3.8) is 0 Å². The van der Waals surface area contributed by atoms with Gasteiger partial charge in [0.15, 0.2) is 12.0 Å². The van der Waals surface area contributed by atoms with Gasteiger partial charge < -0.3 is 9.73 Å². The van der Waals surface area contributed by atoms with Crippen LogP contribution in [0.4, 0.5) is 10.1 Å². The number of carbonyl (C=O) groups excluding carboxylic acids is 2. The molecule has 4 aromatic rings. The number of hydrogen-bond donors (Lipinski definition) is 1. The Hall–Kier alpha value is -4.95. The smallest absolute Gasteiger partial charge is 0.255 e. The van der Waals surface area contributed by atoms with Crippen LogP contribution < -0.4 is 10.2 Å². The zero-order chi connectivity index (χ0) is 28.3. The first-order valence-corrected chi connectivity index (χ1v) is 12.4. The summed E-state index contributed by atoms with van der Waals surface area (Å²) in [5, 5.41) is 22.4. The second-order valence-corrected chi connectivity index (χ2v) is 9.78. The number of nitrogens with one attached hydrogen (secondary N) is 1. The fourth-order valence-electron chi connectivity index (χ4n) is 4.44. The van der Waals surface area contributed by atoms with Crippen LogP contribution in [0.5, 0.6) is 0 Å². The number of hydrogen-bond acceptors (Lipinski definition) is 6. The Labute approximate surface area is 226 Å². The van der Waals surface area contributed by atoms with Crippen LogP contribution in [0, 0.1) is 34.0 Å². The van der Waals surface area contributed by atoms with Gasteiger partial charge in [0.25, 0.3) is 5.91 Å². The van der Waals surface area contributed by atoms with Crippen molar-refractivity contribution in [3.8, 4) is 34.7 Å². The minimum absolute atomic E-state index is 0.0572. The number of amides is 1. The number of fused-ring (bicyclic) bond motifs is 1. The summed E-state index contributed by atoms with van der Waals surface area (Å²) >= 11 is 0. The third-order valence-corrected chi connectivity index (χ3v) is 6.50. The Balaban J connectivity index is 1.97. The summed E-state index contributed by atoms with van der Waals surface area (Å²) in [4.78, 5) is 27.5. The summed E-state index contributed by atoms with van der Waals surface area (Å²) in [6, 6.07) is 18.3. The Bertz CT molecular complexity index is 1660. The molecular weight excluding hydrogens is 495 g/mol. The molecule has 0 aliphatic heterocycles. The van der Waals surface area contributed by atoms with Gasteiger partial charge in [-0.2, -0.15) is 10.5 Å². The van der Waals surface area contributed by atoms with E-state index < -0.39 is 11.2 Å². The molecule has 0 aliphatic rings. The van der Waals surface area contributed by atoms with Gasteiger partial charge in [0, 0.05) is 48.2 Å². The van der Waals surface area contributed by atoms with Crippen molar-refractivity contribution < 1.29 is 18.4 Å². The Morgan fingerprint density at radius 1 is 1.05 bits per heavy atom. The zero-order valence-electron chi connectivity index (χ0n) is 22.1. The summed E-state index contributed by atoms with van der Waals surface area (Å²) in [7, 11) is 1.51. The molecule has 1 aromatic heterocycles. The standard InChI is InChI=1S/C31H27FN4O3/c1-5-36(18-34)25-15-27-24(28(30(38)35-4)29(39-27)19-9-11-22(32)12-10-19)14-23(25)20-7-6-8-21(13-20)26(37)16-31(2,3)17-33/h6-15H,5,16H2,1-4H3,(H,35,38). The molecule has 7 nitrogen and oxygen atoms in total. The van der Waals surface area contributed by atoms with Crippen molar-refractivity contribution in [1.82, 2.24) is 5.32 Å². The maximum atomic E-state index is 13.6. The predicted octanol–water partition coefficient (Wildman–Crippen LogP) is 6.70. The van der Waals surface area contributed by atoms with Gasteiger partial charge in [-0.05, 0) is 62.7 Å². The van der Waals surface area contributed by atoms with Crippen molar-refractivity contribution in [2.45, 2.75) is 27.2 Å². The topological polar surface area (TPSA) is 110 Å². The van der Waals surface area contributed by atoms with Crippen LogP contribution in [-0.4, -0.2) is 25.3 Å². The molecule has 196 valence electrons. The molecule has 8 heteroatoms. The number of nitrogens with zero attached hydrogens (tertiary/aromatic N) is 3. The predicted molar refractivity (Wildman–Crippen MR) is 147 cm³/mol. The molecule has 0 saturated carbocycles. The minimum Gasteiger partial charge on any atom is -0.455 e. The highest BCUT2D eigenvalue weighted by Crippen LogP contribution is 2.41. The number of benzene rings is 3. The van der Waals surface area contributed by atoms with Gasteiger partial charge >= 0.3 is 0 Å². The fourth-order valence-corrected chi connectivity index (χ4v) is 4.44. The molecular formula is C31H27FN4O3. The van der Waals surface area contributed by atoms with Gasteiger partial charge in [-0.3, -0.25) is 14.5 Å². The highest BCUT2D eigenvalue weighted by atomic mass is 19.1. The molecule has 0 spiro atoms. The van der Waals surface area contributed by atoms with Gasteiger partial charge in [0.1, 0.15) is 17.2 Å². The summed E-state index contributed by atoms with van der Waals surface area (Å²) < 4.78 is 19.8. The molecule has 1 heterocycles. The Morgan fingerprint density at radius 2 is 1.77 bits per heavy atom. The number of carbonyl (C=O) groups is 2. The highest BCUT2D eigenvalue weighted by Gasteiger charge is 2.26. The van der Waals surface area contributed by atoms with E-state index >= 15 is 0 Å². The first-order chi connectivity index (χ1) is 18.6. The van der Waals surface area contributed by atoms with Crippen LogP contribution in [-0.2, 0) is 0 Å². The van der Waals surface area contributed by atoms with Crippen LogP contribution >= 0.6 is 0 Å². The van der Waals surface area contributed by atoms with Crippen LogP contribution in [0.15, 0.2) is 65.1 Å². The number of nitriles is 2. The van der Waals surface area contributed by atoms with Gasteiger partial charge in [0.2, 0.25) is 0 Å². The van der Waals surface area contributed by atoms with E-state index in [9.17, 15) is 24.5 Å². The molecule has 39 heavy (non-hydrogen) atoms. The molecule has 0 radical (unpaired) electrons. The third-order valence-electron chi connectivity index (χ3n) is 6.50. The van der Waals surface area contributed by atoms with Crippen molar-refractivity contribution in [3.05, 3.63) is 77.6 Å². The van der Waals surface area contributed by atoms with Gasteiger partial charge in [-0.15, -0.1) is 0 Å². The second-order valence-electron chi connectivity index (χ2n) is 9.78. The van der Waals surface area contributed by atoms with Crippen molar-refractivity contribution in [2.24, 2.45) is 5.41 Å². The molecule has 3 aromatic carbocycles. The first-order valence-electron chi connectivity index (χ1n) is 12.4. The molecule has 0 fully saturated rings. The van der Waals surface area contributed by atoms with Crippen LogP contribution in [0.25, 0.3) is 33.4 Å². The van der Waals surface area contributed by atoms with Crippen LogP contribution in [0.3, 0.4) is 0 Å². The summed E-state index contributed by atoms with van der Waals surface area (Å²) in [6.45, 7) is 5.64. The van der Waals surface area contributed by atoms with Crippen molar-refractivity contribution in [1.29, 1.82) is 10.5 Å². The number of anilines is 1. The van der Waals surface area contributed by atoms with Crippen molar-refractivity contribution in [2.75, 3.05) is 18.5 Å². The molecule has 1 N–H and O–H groups in total. The SMILES string of the molecule is CCN(C#N)c1cc2oc(-c3ccc(F)cc3)c(C(=O)NC)c2cc1-c1cccc(C(=O)CC(C)(C)C#N)c1. The van der Waals surface area contributed by atoms with E-state index in [4.69, 9.17) is 4.42 Å². The Kier molecular flexibility index (Phi) is 7.51.